The monoisotopic (exact) mass is 722 g/mol. The van der Waals surface area contributed by atoms with Crippen molar-refractivity contribution in [2.45, 2.75) is 37.0 Å². The van der Waals surface area contributed by atoms with Crippen molar-refractivity contribution in [1.82, 2.24) is 10.2 Å². The number of nitrogens with two attached hydrogens (primary N) is 2. The van der Waals surface area contributed by atoms with Crippen LogP contribution < -0.4 is 37.9 Å². The van der Waals surface area contributed by atoms with Crippen LogP contribution in [-0.2, 0) is 14.2 Å². The highest BCUT2D eigenvalue weighted by molar-refractivity contribution is 7.55. The second-order valence-electron chi connectivity index (χ2n) is 12.2. The van der Waals surface area contributed by atoms with Crippen LogP contribution in [0.25, 0.3) is 0 Å². The molecule has 0 saturated carbocycles. The minimum Gasteiger partial charge on any atom is -1.00 e. The first-order chi connectivity index (χ1) is 24.3. The van der Waals surface area contributed by atoms with Gasteiger partial charge in [0.1, 0.15) is 17.5 Å². The van der Waals surface area contributed by atoms with Gasteiger partial charge in [0.05, 0.1) is 5.56 Å². The zero-order valence-electron chi connectivity index (χ0n) is 27.9. The number of likely N-dealkylation sites (tertiary alicyclic amines) is 1. The van der Waals surface area contributed by atoms with E-state index >= 15 is 4.57 Å². The second-order valence-corrected chi connectivity index (χ2v) is 14.1. The Bertz CT molecular complexity index is 1870. The highest BCUT2D eigenvalue weighted by Crippen LogP contribution is 2.59. The molecule has 1 heterocycles. The van der Waals surface area contributed by atoms with Crippen LogP contribution in [0.15, 0.2) is 146 Å². The fourth-order valence-electron chi connectivity index (χ4n) is 6.24. The predicted molar refractivity (Wildman–Crippen MR) is 193 cm³/mol. The van der Waals surface area contributed by atoms with Gasteiger partial charge < -0.3 is 31.7 Å². The summed E-state index contributed by atoms with van der Waals surface area (Å²) < 4.78 is 27.4. The standard InChI is InChI=1S/C40H39N4O5P.ClH/c41-38(42)31-23-25-32(26-24-31)40(50(47,48-33-18-9-3-10-19-33)49-34-20-11-4-12-21-34)43-39(46)36-22-13-27-44(36)37(45)28-35(29-14-5-1-6-15-29)30-16-7-2-8-17-30;/h1-12,14-21,23-26,35-36,40H,13,22,27-28H2,(H3,41,42)(H,43,46);1H/t36-,40?;/m0./s1. The Balaban J connectivity index is 0.00000504. The number of amidine groups is 1. The Morgan fingerprint density at radius 2 is 1.22 bits per heavy atom. The molecule has 5 aromatic carbocycles. The number of hydrogen-bond acceptors (Lipinski definition) is 5. The highest BCUT2D eigenvalue weighted by atomic mass is 35.5. The van der Waals surface area contributed by atoms with Gasteiger partial charge in [-0.3, -0.25) is 20.7 Å². The van der Waals surface area contributed by atoms with Gasteiger partial charge in [0.2, 0.25) is 11.8 Å². The lowest BCUT2D eigenvalue weighted by atomic mass is 9.88. The number of nitrogens with zero attached hydrogens (tertiary/aromatic N) is 1. The predicted octanol–water partition coefficient (Wildman–Crippen LogP) is 2.83. The van der Waals surface area contributed by atoms with Gasteiger partial charge >= 0.3 is 7.60 Å². The lowest BCUT2D eigenvalue weighted by molar-refractivity contribution is -0.138. The van der Waals surface area contributed by atoms with Crippen LogP contribution in [0, 0.1) is 0 Å². The van der Waals surface area contributed by atoms with Crippen molar-refractivity contribution in [1.29, 1.82) is 0 Å². The number of rotatable bonds is 13. The van der Waals surface area contributed by atoms with E-state index in [1.807, 2.05) is 72.8 Å². The summed E-state index contributed by atoms with van der Waals surface area (Å²) in [5, 5.41) is 8.82. The van der Waals surface area contributed by atoms with Crippen molar-refractivity contribution in [3.05, 3.63) is 168 Å². The molecule has 2 atom stereocenters. The van der Waals surface area contributed by atoms with E-state index in [1.165, 1.54) is 0 Å². The maximum absolute atomic E-state index is 15.1. The molecule has 1 fully saturated rings. The number of carbonyl (C=O) groups is 2. The molecule has 9 nitrogen and oxygen atoms in total. The van der Waals surface area contributed by atoms with Crippen LogP contribution in [-0.4, -0.2) is 35.1 Å². The van der Waals surface area contributed by atoms with Crippen molar-refractivity contribution >= 4 is 25.2 Å². The minimum absolute atomic E-state index is 0. The van der Waals surface area contributed by atoms with Gasteiger partial charge in [0, 0.05) is 18.9 Å². The Labute approximate surface area is 304 Å². The summed E-state index contributed by atoms with van der Waals surface area (Å²) in [7, 11) is -4.28. The Kier molecular flexibility index (Phi) is 12.3. The van der Waals surface area contributed by atoms with E-state index in [0.717, 1.165) is 11.1 Å². The largest absolute Gasteiger partial charge is 1.00 e. The number of para-hydroxylation sites is 2. The summed E-state index contributed by atoms with van der Waals surface area (Å²) in [5.74, 6) is -1.33. The van der Waals surface area contributed by atoms with E-state index in [-0.39, 0.29) is 36.5 Å². The second kappa shape index (κ2) is 17.0. The SMILES string of the molecule is NC(=[NH2+])c1ccc(C(NC(=O)[C@@H]2CCCN2C(=O)CC(c2ccccc2)c2ccccc2)P(=O)(Oc2ccccc2)Oc2ccccc2)cc1.[Cl-]. The first-order valence-corrected chi connectivity index (χ1v) is 18.2. The maximum Gasteiger partial charge on any atom is 0.457 e. The maximum atomic E-state index is 15.1. The molecule has 6 rings (SSSR count). The summed E-state index contributed by atoms with van der Waals surface area (Å²) in [4.78, 5) is 30.0. The lowest BCUT2D eigenvalue weighted by Gasteiger charge is -2.31. The van der Waals surface area contributed by atoms with Gasteiger partial charge in [-0.25, -0.2) is 4.57 Å². The third kappa shape index (κ3) is 9.06. The van der Waals surface area contributed by atoms with Gasteiger partial charge in [-0.15, -0.1) is 0 Å². The van der Waals surface area contributed by atoms with Crippen LogP contribution in [0.4, 0.5) is 0 Å². The number of benzene rings is 5. The highest BCUT2D eigenvalue weighted by Gasteiger charge is 2.45. The molecule has 262 valence electrons. The minimum atomic E-state index is -4.28. The topological polar surface area (TPSA) is 137 Å². The molecule has 5 aromatic rings. The molecule has 5 N–H and O–H groups in total. The molecule has 0 spiro atoms. The Hall–Kier alpha value is -5.37. The molecule has 0 aromatic heterocycles. The van der Waals surface area contributed by atoms with Gasteiger partial charge in [-0.1, -0.05) is 109 Å². The summed E-state index contributed by atoms with van der Waals surface area (Å²) in [6, 6.07) is 43.0. The number of amides is 2. The van der Waals surface area contributed by atoms with E-state index in [4.69, 9.17) is 20.2 Å². The number of nitrogens with one attached hydrogen (secondary N) is 1. The molecule has 0 radical (unpaired) electrons. The van der Waals surface area contributed by atoms with Crippen LogP contribution in [0.3, 0.4) is 0 Å². The molecular weight excluding hydrogens is 683 g/mol. The summed E-state index contributed by atoms with van der Waals surface area (Å²) in [5.41, 5.74) is 8.88. The zero-order valence-corrected chi connectivity index (χ0v) is 29.5. The molecular formula is C40H40ClN4O5P. The van der Waals surface area contributed by atoms with Crippen LogP contribution in [0.2, 0.25) is 0 Å². The van der Waals surface area contributed by atoms with Crippen molar-refractivity contribution in [3.8, 4) is 11.5 Å². The van der Waals surface area contributed by atoms with Crippen molar-refractivity contribution < 1.29 is 41.0 Å². The Morgan fingerprint density at radius 1 is 0.745 bits per heavy atom. The molecule has 0 bridgehead atoms. The molecule has 1 aliphatic heterocycles. The van der Waals surface area contributed by atoms with Crippen molar-refractivity contribution in [3.63, 3.8) is 0 Å². The zero-order chi connectivity index (χ0) is 34.9. The average Bonchev–Trinajstić information content (AvgIpc) is 3.65. The normalized spacial score (nSPS) is 14.6. The van der Waals surface area contributed by atoms with Crippen molar-refractivity contribution in [2.75, 3.05) is 6.54 Å². The molecule has 2 amide bonds. The van der Waals surface area contributed by atoms with Crippen molar-refractivity contribution in [2.24, 2.45) is 5.73 Å². The van der Waals surface area contributed by atoms with Crippen LogP contribution in [0.5, 0.6) is 11.5 Å². The van der Waals surface area contributed by atoms with Crippen LogP contribution >= 0.6 is 7.60 Å². The molecule has 1 unspecified atom stereocenters. The number of carbonyl (C=O) groups excluding carboxylic acids is 2. The van der Waals surface area contributed by atoms with E-state index in [1.54, 1.807) is 77.7 Å². The first kappa shape index (κ1) is 36.9. The average molecular weight is 723 g/mol. The van der Waals surface area contributed by atoms with Gasteiger partial charge in [-0.2, -0.15) is 0 Å². The molecule has 1 saturated heterocycles. The van der Waals surface area contributed by atoms with Gasteiger partial charge in [0.15, 0.2) is 5.78 Å². The van der Waals surface area contributed by atoms with E-state index in [9.17, 15) is 9.59 Å². The molecule has 11 heteroatoms. The smallest absolute Gasteiger partial charge is 0.457 e. The number of halogens is 1. The first-order valence-electron chi connectivity index (χ1n) is 16.6. The van der Waals surface area contributed by atoms with E-state index in [0.29, 0.717) is 42.0 Å². The lowest BCUT2D eigenvalue weighted by Crippen LogP contribution is -3.00. The molecule has 0 aliphatic carbocycles. The van der Waals surface area contributed by atoms with Gasteiger partial charge in [0.25, 0.3) is 5.84 Å². The van der Waals surface area contributed by atoms with E-state index < -0.39 is 25.3 Å². The number of hydrogen-bond donors (Lipinski definition) is 3. The fraction of sp³-hybridized carbons (Fsp3) is 0.175. The third-order valence-corrected chi connectivity index (χ3v) is 10.8. The summed E-state index contributed by atoms with van der Waals surface area (Å²) in [6.45, 7) is 0.427. The van der Waals surface area contributed by atoms with Gasteiger partial charge in [-0.05, 0) is 65.9 Å². The third-order valence-electron chi connectivity index (χ3n) is 8.77. The van der Waals surface area contributed by atoms with Crippen LogP contribution in [0.1, 0.15) is 53.2 Å². The Morgan fingerprint density at radius 3 is 1.69 bits per heavy atom. The summed E-state index contributed by atoms with van der Waals surface area (Å²) >= 11 is 0. The fourth-order valence-corrected chi connectivity index (χ4v) is 8.14. The molecule has 51 heavy (non-hydrogen) atoms. The molecule has 1 aliphatic rings. The summed E-state index contributed by atoms with van der Waals surface area (Å²) in [6.07, 6.45) is 1.29. The van der Waals surface area contributed by atoms with E-state index in [2.05, 4.69) is 5.32 Å². The quantitative estimate of drug-likeness (QED) is 0.0972.